The summed E-state index contributed by atoms with van der Waals surface area (Å²) in [6.45, 7) is 2.38. The van der Waals surface area contributed by atoms with Gasteiger partial charge in [-0.25, -0.2) is 0 Å². The molecule has 0 spiro atoms. The Kier molecular flexibility index (Phi) is 2.99. The minimum absolute atomic E-state index is 0.826. The summed E-state index contributed by atoms with van der Waals surface area (Å²) in [6.07, 6.45) is 2.64. The molecule has 1 saturated heterocycles. The number of hydrogen-bond donors (Lipinski definition) is 0. The first kappa shape index (κ1) is 9.59. The molecule has 70 valence electrons. The van der Waals surface area contributed by atoms with Crippen LogP contribution in [0, 0.1) is 3.57 Å². The number of nitrogens with zero attached hydrogens (tertiary/aromatic N) is 1. The maximum atomic E-state index is 5.90. The molecule has 1 nitrogen and oxygen atoms in total. The predicted molar refractivity (Wildman–Crippen MR) is 65.6 cm³/mol. The lowest BCUT2D eigenvalue weighted by atomic mass is 10.3. The van der Waals surface area contributed by atoms with E-state index in [1.54, 1.807) is 0 Å². The third-order valence-electron chi connectivity index (χ3n) is 2.36. The van der Waals surface area contributed by atoms with Gasteiger partial charge in [-0.2, -0.15) is 0 Å². The lowest BCUT2D eigenvalue weighted by Gasteiger charge is -2.19. The minimum atomic E-state index is 0.826. The van der Waals surface area contributed by atoms with E-state index >= 15 is 0 Å². The second-order valence-electron chi connectivity index (χ2n) is 3.29. The summed E-state index contributed by atoms with van der Waals surface area (Å²) in [5, 5.41) is 0.826. The van der Waals surface area contributed by atoms with E-state index in [1.807, 2.05) is 12.1 Å². The van der Waals surface area contributed by atoms with Crippen LogP contribution in [0.5, 0.6) is 0 Å². The molecule has 1 aliphatic rings. The Balaban J connectivity index is 2.29. The van der Waals surface area contributed by atoms with E-state index in [-0.39, 0.29) is 0 Å². The van der Waals surface area contributed by atoms with Crippen molar-refractivity contribution in [2.45, 2.75) is 12.8 Å². The summed E-state index contributed by atoms with van der Waals surface area (Å²) < 4.78 is 1.26. The lowest BCUT2D eigenvalue weighted by molar-refractivity contribution is 0.949. The van der Waals surface area contributed by atoms with Crippen molar-refractivity contribution in [3.8, 4) is 0 Å². The summed E-state index contributed by atoms with van der Waals surface area (Å²) in [5.74, 6) is 0. The van der Waals surface area contributed by atoms with Crippen molar-refractivity contribution in [2.75, 3.05) is 18.0 Å². The minimum Gasteiger partial charge on any atom is -0.371 e. The van der Waals surface area contributed by atoms with E-state index in [0.717, 1.165) is 5.02 Å². The van der Waals surface area contributed by atoms with Crippen LogP contribution in [0.15, 0.2) is 18.2 Å². The van der Waals surface area contributed by atoms with Crippen LogP contribution >= 0.6 is 34.2 Å². The number of halogens is 2. The Hall–Kier alpha value is 0.0400. The van der Waals surface area contributed by atoms with Crippen molar-refractivity contribution >= 4 is 39.9 Å². The quantitative estimate of drug-likeness (QED) is 0.717. The van der Waals surface area contributed by atoms with Gasteiger partial charge in [0, 0.05) is 21.7 Å². The maximum absolute atomic E-state index is 5.90. The number of hydrogen-bond acceptors (Lipinski definition) is 1. The number of anilines is 1. The molecular weight excluding hydrogens is 296 g/mol. The summed E-state index contributed by atoms with van der Waals surface area (Å²) in [7, 11) is 0. The molecule has 1 fully saturated rings. The van der Waals surface area contributed by atoms with Gasteiger partial charge in [-0.05, 0) is 53.6 Å². The second kappa shape index (κ2) is 4.05. The first-order valence-electron chi connectivity index (χ1n) is 4.47. The van der Waals surface area contributed by atoms with Gasteiger partial charge >= 0.3 is 0 Å². The van der Waals surface area contributed by atoms with Crippen LogP contribution in [-0.4, -0.2) is 13.1 Å². The Morgan fingerprint density at radius 2 is 1.92 bits per heavy atom. The lowest BCUT2D eigenvalue weighted by Crippen LogP contribution is -2.18. The molecule has 1 aromatic rings. The SMILES string of the molecule is Clc1ccc(N2CCCC2)c(I)c1. The molecule has 1 aromatic carbocycles. The molecule has 0 unspecified atom stereocenters. The summed E-state index contributed by atoms with van der Waals surface area (Å²) in [6, 6.07) is 6.11. The molecule has 1 aliphatic heterocycles. The van der Waals surface area contributed by atoms with E-state index in [4.69, 9.17) is 11.6 Å². The van der Waals surface area contributed by atoms with Gasteiger partial charge in [0.1, 0.15) is 0 Å². The van der Waals surface area contributed by atoms with E-state index in [9.17, 15) is 0 Å². The first-order valence-corrected chi connectivity index (χ1v) is 5.93. The highest BCUT2D eigenvalue weighted by molar-refractivity contribution is 14.1. The zero-order valence-electron chi connectivity index (χ0n) is 7.26. The Labute approximate surface area is 97.2 Å². The molecule has 0 N–H and O–H groups in total. The average molecular weight is 308 g/mol. The molecule has 1 heterocycles. The Morgan fingerprint density at radius 1 is 1.23 bits per heavy atom. The smallest absolute Gasteiger partial charge is 0.0502 e. The van der Waals surface area contributed by atoms with Crippen molar-refractivity contribution < 1.29 is 0 Å². The van der Waals surface area contributed by atoms with E-state index in [2.05, 4.69) is 33.6 Å². The topological polar surface area (TPSA) is 3.24 Å². The van der Waals surface area contributed by atoms with Crippen LogP contribution in [0.4, 0.5) is 5.69 Å². The largest absolute Gasteiger partial charge is 0.371 e. The van der Waals surface area contributed by atoms with Gasteiger partial charge in [0.2, 0.25) is 0 Å². The number of rotatable bonds is 1. The molecule has 3 heteroatoms. The van der Waals surface area contributed by atoms with E-state index in [0.29, 0.717) is 0 Å². The Morgan fingerprint density at radius 3 is 2.54 bits per heavy atom. The molecule has 0 amide bonds. The zero-order chi connectivity index (χ0) is 9.26. The van der Waals surface area contributed by atoms with Crippen LogP contribution in [-0.2, 0) is 0 Å². The Bertz CT molecular complexity index is 308. The van der Waals surface area contributed by atoms with Crippen LogP contribution < -0.4 is 4.90 Å². The second-order valence-corrected chi connectivity index (χ2v) is 4.89. The molecule has 0 atom stereocenters. The van der Waals surface area contributed by atoms with Gasteiger partial charge < -0.3 is 4.90 Å². The molecule has 0 aromatic heterocycles. The molecule has 0 aliphatic carbocycles. The summed E-state index contributed by atoms with van der Waals surface area (Å²) in [4.78, 5) is 2.43. The van der Waals surface area contributed by atoms with Crippen molar-refractivity contribution in [2.24, 2.45) is 0 Å². The fourth-order valence-corrected chi connectivity index (χ4v) is 2.91. The van der Waals surface area contributed by atoms with Crippen molar-refractivity contribution in [3.05, 3.63) is 26.8 Å². The molecule has 0 radical (unpaired) electrons. The standard InChI is InChI=1S/C10H11ClIN/c11-8-3-4-10(9(12)7-8)13-5-1-2-6-13/h3-4,7H,1-2,5-6H2. The van der Waals surface area contributed by atoms with Crippen molar-refractivity contribution in [1.29, 1.82) is 0 Å². The van der Waals surface area contributed by atoms with Crippen molar-refractivity contribution in [3.63, 3.8) is 0 Å². The third-order valence-corrected chi connectivity index (χ3v) is 3.46. The highest BCUT2D eigenvalue weighted by Gasteiger charge is 2.14. The predicted octanol–water partition coefficient (Wildman–Crippen LogP) is 3.54. The highest BCUT2D eigenvalue weighted by Crippen LogP contribution is 2.28. The molecule has 13 heavy (non-hydrogen) atoms. The average Bonchev–Trinajstić information content (AvgIpc) is 2.56. The summed E-state index contributed by atoms with van der Waals surface area (Å²) in [5.41, 5.74) is 1.34. The zero-order valence-corrected chi connectivity index (χ0v) is 10.2. The first-order chi connectivity index (χ1) is 6.27. The molecular formula is C10H11ClIN. The summed E-state index contributed by atoms with van der Waals surface area (Å²) >= 11 is 8.25. The van der Waals surface area contributed by atoms with Crippen molar-refractivity contribution in [1.82, 2.24) is 0 Å². The molecule has 0 bridgehead atoms. The normalized spacial score (nSPS) is 16.6. The fourth-order valence-electron chi connectivity index (χ4n) is 1.70. The van der Waals surface area contributed by atoms with E-state index < -0.39 is 0 Å². The fraction of sp³-hybridized carbons (Fsp3) is 0.400. The molecule has 2 rings (SSSR count). The van der Waals surface area contributed by atoms with Gasteiger partial charge in [0.05, 0.1) is 5.69 Å². The van der Waals surface area contributed by atoms with Gasteiger partial charge in [0.25, 0.3) is 0 Å². The van der Waals surface area contributed by atoms with Crippen LogP contribution in [0.2, 0.25) is 5.02 Å². The monoisotopic (exact) mass is 307 g/mol. The van der Waals surface area contributed by atoms with E-state index in [1.165, 1.54) is 35.2 Å². The van der Waals surface area contributed by atoms with Gasteiger partial charge in [-0.1, -0.05) is 11.6 Å². The maximum Gasteiger partial charge on any atom is 0.0502 e. The molecule has 0 saturated carbocycles. The van der Waals surface area contributed by atoms with Crippen LogP contribution in [0.25, 0.3) is 0 Å². The van der Waals surface area contributed by atoms with Crippen LogP contribution in [0.1, 0.15) is 12.8 Å². The highest BCUT2D eigenvalue weighted by atomic mass is 127. The van der Waals surface area contributed by atoms with Gasteiger partial charge in [-0.3, -0.25) is 0 Å². The van der Waals surface area contributed by atoms with Crippen LogP contribution in [0.3, 0.4) is 0 Å². The van der Waals surface area contributed by atoms with Gasteiger partial charge in [-0.15, -0.1) is 0 Å². The third kappa shape index (κ3) is 2.10. The van der Waals surface area contributed by atoms with Gasteiger partial charge in [0.15, 0.2) is 0 Å². The number of benzene rings is 1.